The maximum absolute atomic E-state index is 12.8. The van der Waals surface area contributed by atoms with E-state index in [1.807, 2.05) is 0 Å². The van der Waals surface area contributed by atoms with Gasteiger partial charge in [-0.1, -0.05) is 159 Å². The zero-order chi connectivity index (χ0) is 40.2. The predicted octanol–water partition coefficient (Wildman–Crippen LogP) is 9.11. The van der Waals surface area contributed by atoms with Gasteiger partial charge in [-0.15, -0.1) is 0 Å². The highest BCUT2D eigenvalue weighted by Gasteiger charge is 2.44. The molecule has 1 rings (SSSR count). The van der Waals surface area contributed by atoms with Crippen LogP contribution < -0.4 is 0 Å². The van der Waals surface area contributed by atoms with Crippen molar-refractivity contribution in [3.63, 3.8) is 0 Å². The number of carbonyl (C=O) groups is 2. The summed E-state index contributed by atoms with van der Waals surface area (Å²) in [5.74, 6) is -0.822. The Balaban J connectivity index is 2.34. The third-order valence-electron chi connectivity index (χ3n) is 10.0. The highest BCUT2D eigenvalue weighted by molar-refractivity contribution is 5.70. The predicted molar refractivity (Wildman–Crippen MR) is 219 cm³/mol. The molecule has 10 heteroatoms. The summed E-state index contributed by atoms with van der Waals surface area (Å²) < 4.78 is 22.1. The minimum absolute atomic E-state index is 0.224. The summed E-state index contributed by atoms with van der Waals surface area (Å²) in [6.45, 7) is 3.30. The van der Waals surface area contributed by atoms with E-state index in [1.165, 1.54) is 70.6 Å². The Hall–Kier alpha value is -2.08. The highest BCUT2D eigenvalue weighted by Crippen LogP contribution is 2.22. The number of carbonyl (C=O) groups excluding carboxylic acids is 2. The maximum Gasteiger partial charge on any atom is 0.306 e. The van der Waals surface area contributed by atoms with Crippen LogP contribution in [0.1, 0.15) is 181 Å². The van der Waals surface area contributed by atoms with E-state index in [0.29, 0.717) is 12.8 Å². The first-order valence-corrected chi connectivity index (χ1v) is 22.1. The molecule has 0 aromatic carbocycles. The molecular formula is C45H80O10. The Kier molecular flexibility index (Phi) is 33.6. The molecule has 0 amide bonds. The van der Waals surface area contributed by atoms with Crippen molar-refractivity contribution in [2.45, 2.75) is 218 Å². The molecule has 1 aliphatic rings. The quantitative estimate of drug-likeness (QED) is 0.0275. The first-order chi connectivity index (χ1) is 26.8. The van der Waals surface area contributed by atoms with E-state index in [1.54, 1.807) is 0 Å². The molecule has 0 aliphatic carbocycles. The zero-order valence-corrected chi connectivity index (χ0v) is 34.7. The lowest BCUT2D eigenvalue weighted by Gasteiger charge is -2.39. The molecular weight excluding hydrogens is 700 g/mol. The Morgan fingerprint density at radius 2 is 1.07 bits per heavy atom. The minimum atomic E-state index is -1.60. The Labute approximate surface area is 334 Å². The summed E-state index contributed by atoms with van der Waals surface area (Å²) in [6.07, 6.45) is 32.9. The summed E-state index contributed by atoms with van der Waals surface area (Å²) in [7, 11) is 0. The summed E-state index contributed by atoms with van der Waals surface area (Å²) >= 11 is 0. The first-order valence-electron chi connectivity index (χ1n) is 22.1. The van der Waals surface area contributed by atoms with Crippen LogP contribution in [0, 0.1) is 0 Å². The number of hydrogen-bond acceptors (Lipinski definition) is 10. The molecule has 0 saturated carbocycles. The van der Waals surface area contributed by atoms with Crippen LogP contribution in [0.3, 0.4) is 0 Å². The molecule has 1 aliphatic heterocycles. The van der Waals surface area contributed by atoms with E-state index in [2.05, 4.69) is 50.3 Å². The second-order valence-electron chi connectivity index (χ2n) is 15.1. The van der Waals surface area contributed by atoms with Crippen LogP contribution in [0.2, 0.25) is 0 Å². The number of rotatable bonds is 36. The Morgan fingerprint density at radius 1 is 0.582 bits per heavy atom. The van der Waals surface area contributed by atoms with E-state index in [0.717, 1.165) is 70.6 Å². The fourth-order valence-electron chi connectivity index (χ4n) is 6.56. The molecule has 10 nitrogen and oxygen atoms in total. The lowest BCUT2D eigenvalue weighted by atomic mass is 9.99. The van der Waals surface area contributed by atoms with Gasteiger partial charge < -0.3 is 39.4 Å². The number of unbranched alkanes of at least 4 members (excludes halogenated alkanes) is 19. The molecule has 4 N–H and O–H groups in total. The number of hydrogen-bond donors (Lipinski definition) is 4. The Bertz CT molecular complexity index is 996. The van der Waals surface area contributed by atoms with Crippen molar-refractivity contribution in [3.8, 4) is 0 Å². The summed E-state index contributed by atoms with van der Waals surface area (Å²) in [5, 5.41) is 40.0. The van der Waals surface area contributed by atoms with Gasteiger partial charge in [-0.3, -0.25) is 9.59 Å². The van der Waals surface area contributed by atoms with E-state index in [-0.39, 0.29) is 26.1 Å². The normalized spacial score (nSPS) is 20.9. The van der Waals surface area contributed by atoms with E-state index in [9.17, 15) is 30.0 Å². The van der Waals surface area contributed by atoms with Gasteiger partial charge in [0.25, 0.3) is 0 Å². The number of esters is 2. The van der Waals surface area contributed by atoms with Gasteiger partial charge in [0.05, 0.1) is 13.2 Å². The second kappa shape index (κ2) is 36.3. The molecule has 0 aromatic rings. The maximum atomic E-state index is 12.8. The molecule has 1 heterocycles. The van der Waals surface area contributed by atoms with Crippen LogP contribution in [0.25, 0.3) is 0 Å². The van der Waals surface area contributed by atoms with Crippen LogP contribution in [0.15, 0.2) is 36.5 Å². The third-order valence-corrected chi connectivity index (χ3v) is 10.0. The topological polar surface area (TPSA) is 152 Å². The number of aliphatic hydroxyl groups is 4. The fourth-order valence-corrected chi connectivity index (χ4v) is 6.56. The van der Waals surface area contributed by atoms with Crippen molar-refractivity contribution in [1.82, 2.24) is 0 Å². The van der Waals surface area contributed by atoms with Gasteiger partial charge in [0, 0.05) is 12.8 Å². The van der Waals surface area contributed by atoms with Crippen molar-refractivity contribution in [2.24, 2.45) is 0 Å². The average Bonchev–Trinajstić information content (AvgIpc) is 3.18. The Morgan fingerprint density at radius 3 is 1.62 bits per heavy atom. The number of ether oxygens (including phenoxy) is 4. The van der Waals surface area contributed by atoms with Crippen LogP contribution >= 0.6 is 0 Å². The summed E-state index contributed by atoms with van der Waals surface area (Å²) in [6, 6.07) is 0. The van der Waals surface area contributed by atoms with Crippen molar-refractivity contribution in [1.29, 1.82) is 0 Å². The van der Waals surface area contributed by atoms with Gasteiger partial charge in [-0.2, -0.15) is 0 Å². The lowest BCUT2D eigenvalue weighted by Crippen LogP contribution is -2.59. The van der Waals surface area contributed by atoms with Crippen molar-refractivity contribution in [3.05, 3.63) is 36.5 Å². The van der Waals surface area contributed by atoms with Crippen LogP contribution in [-0.4, -0.2) is 89.0 Å². The number of aliphatic hydroxyl groups excluding tert-OH is 4. The number of allylic oxidation sites excluding steroid dienone is 6. The molecule has 1 saturated heterocycles. The molecule has 320 valence electrons. The average molecular weight is 781 g/mol. The SMILES string of the molecule is CC/C=C\C/C=C\C/C=C\CCCCCCCC(=O)OCC(CO[C@@H]1O[C@H](CO)[C@@H](O)[C@H](O)[C@H]1O)OC(=O)CCCCCCCCCCCCCCCCC. The van der Waals surface area contributed by atoms with Crippen molar-refractivity contribution < 1.29 is 49.0 Å². The van der Waals surface area contributed by atoms with E-state index >= 15 is 0 Å². The smallest absolute Gasteiger partial charge is 0.306 e. The van der Waals surface area contributed by atoms with Gasteiger partial charge in [0.1, 0.15) is 31.0 Å². The minimum Gasteiger partial charge on any atom is -0.462 e. The van der Waals surface area contributed by atoms with Gasteiger partial charge in [-0.25, -0.2) is 0 Å². The fraction of sp³-hybridized carbons (Fsp3) is 0.822. The largest absolute Gasteiger partial charge is 0.462 e. The van der Waals surface area contributed by atoms with Gasteiger partial charge in [-0.05, 0) is 44.9 Å². The van der Waals surface area contributed by atoms with Crippen LogP contribution in [0.4, 0.5) is 0 Å². The molecule has 55 heavy (non-hydrogen) atoms. The molecule has 0 spiro atoms. The molecule has 1 unspecified atom stereocenters. The van der Waals surface area contributed by atoms with Gasteiger partial charge in [0.15, 0.2) is 12.4 Å². The van der Waals surface area contributed by atoms with E-state index in [4.69, 9.17) is 18.9 Å². The third kappa shape index (κ3) is 28.0. The van der Waals surface area contributed by atoms with Crippen LogP contribution in [-0.2, 0) is 28.5 Å². The van der Waals surface area contributed by atoms with Crippen molar-refractivity contribution >= 4 is 11.9 Å². The van der Waals surface area contributed by atoms with Gasteiger partial charge >= 0.3 is 11.9 Å². The van der Waals surface area contributed by atoms with E-state index < -0.39 is 55.4 Å². The molecule has 0 radical (unpaired) electrons. The highest BCUT2D eigenvalue weighted by atomic mass is 16.7. The standard InChI is InChI=1S/C45H80O10/c1-3-5-7-9-11-13-15-17-19-21-23-25-27-29-31-33-40(47)52-36-38(37-53-45-44(51)43(50)42(49)39(35-46)55-45)54-41(48)34-32-30-28-26-24-22-20-18-16-14-12-10-8-6-4-2/h5,7,11,13,17,19,38-39,42-46,49-51H,3-4,6,8-10,12,14-16,18,20-37H2,1-2H3/b7-5-,13-11-,19-17-/t38?,39-,42-,43+,44-,45-/m1/s1. The summed E-state index contributed by atoms with van der Waals surface area (Å²) in [4.78, 5) is 25.3. The summed E-state index contributed by atoms with van der Waals surface area (Å²) in [5.41, 5.74) is 0. The van der Waals surface area contributed by atoms with Gasteiger partial charge in [0.2, 0.25) is 0 Å². The molecule has 0 aromatic heterocycles. The molecule has 6 atom stereocenters. The van der Waals surface area contributed by atoms with Crippen molar-refractivity contribution in [2.75, 3.05) is 19.8 Å². The molecule has 0 bridgehead atoms. The monoisotopic (exact) mass is 781 g/mol. The first kappa shape index (κ1) is 50.9. The van der Waals surface area contributed by atoms with Crippen LogP contribution in [0.5, 0.6) is 0 Å². The second-order valence-corrected chi connectivity index (χ2v) is 15.1. The lowest BCUT2D eigenvalue weighted by molar-refractivity contribution is -0.305. The zero-order valence-electron chi connectivity index (χ0n) is 34.7. The molecule has 1 fully saturated rings.